The van der Waals surface area contributed by atoms with Gasteiger partial charge < -0.3 is 9.64 Å². The molecule has 0 bridgehead atoms. The minimum absolute atomic E-state index is 0.201. The predicted octanol–water partition coefficient (Wildman–Crippen LogP) is 4.76. The van der Waals surface area contributed by atoms with Crippen LogP contribution in [0.15, 0.2) is 24.4 Å². The van der Waals surface area contributed by atoms with Gasteiger partial charge in [0.2, 0.25) is 0 Å². The fourth-order valence-electron chi connectivity index (χ4n) is 3.37. The molecule has 1 fully saturated rings. The predicted molar refractivity (Wildman–Crippen MR) is 101 cm³/mol. The number of aromatic nitrogens is 1. The number of benzene rings is 1. The van der Waals surface area contributed by atoms with Crippen LogP contribution in [0.4, 0.5) is 4.79 Å². The minimum Gasteiger partial charge on any atom is -0.444 e. The van der Waals surface area contributed by atoms with E-state index >= 15 is 0 Å². The van der Waals surface area contributed by atoms with Gasteiger partial charge in [0.15, 0.2) is 0 Å². The summed E-state index contributed by atoms with van der Waals surface area (Å²) in [6, 6.07) is 6.50. The lowest BCUT2D eigenvalue weighted by atomic mass is 9.89. The Bertz CT molecular complexity index is 753. The molecule has 1 aromatic heterocycles. The summed E-state index contributed by atoms with van der Waals surface area (Å²) in [7, 11) is 0. The molecule has 5 heteroatoms. The van der Waals surface area contributed by atoms with Crippen molar-refractivity contribution < 1.29 is 9.53 Å². The zero-order valence-electron chi connectivity index (χ0n) is 14.9. The second kappa shape index (κ2) is 6.36. The molecule has 0 spiro atoms. The number of ether oxygens (including phenoxy) is 1. The van der Waals surface area contributed by atoms with Crippen LogP contribution in [0.1, 0.15) is 50.7 Å². The normalized spacial score (nSPS) is 16.6. The van der Waals surface area contributed by atoms with Crippen molar-refractivity contribution in [2.75, 3.05) is 13.1 Å². The molecule has 0 saturated carbocycles. The highest BCUT2D eigenvalue weighted by atomic mass is 32.1. The summed E-state index contributed by atoms with van der Waals surface area (Å²) in [4.78, 5) is 14.0. The highest BCUT2D eigenvalue weighted by Gasteiger charge is 2.28. The number of hydrogen-bond donors (Lipinski definition) is 1. The summed E-state index contributed by atoms with van der Waals surface area (Å²) in [6.45, 7) is 9.29. The van der Waals surface area contributed by atoms with Gasteiger partial charge in [-0.15, -0.1) is 0 Å². The highest BCUT2D eigenvalue weighted by molar-refractivity contribution is 7.78. The fraction of sp³-hybridized carbons (Fsp3) is 0.526. The van der Waals surface area contributed by atoms with Gasteiger partial charge in [-0.3, -0.25) is 3.97 Å². The van der Waals surface area contributed by atoms with E-state index in [0.29, 0.717) is 5.92 Å². The molecule has 1 amide bonds. The van der Waals surface area contributed by atoms with E-state index in [4.69, 9.17) is 4.74 Å². The van der Waals surface area contributed by atoms with Crippen molar-refractivity contribution in [2.24, 2.45) is 0 Å². The lowest BCUT2D eigenvalue weighted by molar-refractivity contribution is 0.0205. The molecule has 2 aromatic rings. The number of hydrogen-bond acceptors (Lipinski definition) is 3. The SMILES string of the molecule is Cc1ccc2c(C3CCN(C(=O)OC(C)(C)C)CC3)cn(S)c2c1. The second-order valence-corrected chi connectivity index (χ2v) is 8.12. The number of piperidine rings is 1. The molecule has 0 N–H and O–H groups in total. The quantitative estimate of drug-likeness (QED) is 0.756. The maximum atomic E-state index is 12.2. The number of aryl methyl sites for hydroxylation is 1. The van der Waals surface area contributed by atoms with E-state index in [2.05, 4.69) is 44.1 Å². The minimum atomic E-state index is -0.439. The molecule has 24 heavy (non-hydrogen) atoms. The van der Waals surface area contributed by atoms with Gasteiger partial charge in [0.05, 0.1) is 5.52 Å². The first-order chi connectivity index (χ1) is 11.2. The van der Waals surface area contributed by atoms with Gasteiger partial charge in [-0.25, -0.2) is 4.79 Å². The smallest absolute Gasteiger partial charge is 0.410 e. The zero-order valence-corrected chi connectivity index (χ0v) is 15.8. The number of amides is 1. The first kappa shape index (κ1) is 17.2. The molecule has 0 unspecified atom stereocenters. The van der Waals surface area contributed by atoms with Crippen LogP contribution in [0, 0.1) is 6.92 Å². The Kier molecular flexibility index (Phi) is 4.56. The molecule has 1 aromatic carbocycles. The molecule has 1 aliphatic rings. The summed E-state index contributed by atoms with van der Waals surface area (Å²) >= 11 is 4.57. The van der Waals surface area contributed by atoms with E-state index in [0.717, 1.165) is 31.4 Å². The number of thiol groups is 1. The number of carbonyl (C=O) groups excluding carboxylic acids is 1. The Morgan fingerprint density at radius 1 is 1.25 bits per heavy atom. The van der Waals surface area contributed by atoms with Gasteiger partial charge in [-0.1, -0.05) is 24.9 Å². The van der Waals surface area contributed by atoms with Crippen LogP contribution in [0.3, 0.4) is 0 Å². The second-order valence-electron chi connectivity index (χ2n) is 7.69. The van der Waals surface area contributed by atoms with Gasteiger partial charge in [-0.05, 0) is 63.6 Å². The molecule has 0 atom stereocenters. The van der Waals surface area contributed by atoms with Gasteiger partial charge >= 0.3 is 6.09 Å². The van der Waals surface area contributed by atoms with Crippen LogP contribution in [-0.4, -0.2) is 33.7 Å². The maximum absolute atomic E-state index is 12.2. The number of fused-ring (bicyclic) bond motifs is 1. The summed E-state index contributed by atoms with van der Waals surface area (Å²) in [6.07, 6.45) is 3.84. The molecular formula is C19H26N2O2S. The third kappa shape index (κ3) is 3.56. The van der Waals surface area contributed by atoms with Crippen molar-refractivity contribution >= 4 is 29.8 Å². The van der Waals surface area contributed by atoms with Crippen molar-refractivity contribution in [3.05, 3.63) is 35.5 Å². The molecule has 3 rings (SSSR count). The van der Waals surface area contributed by atoms with Gasteiger partial charge in [0.1, 0.15) is 5.60 Å². The highest BCUT2D eigenvalue weighted by Crippen LogP contribution is 2.35. The van der Waals surface area contributed by atoms with Crippen molar-refractivity contribution in [1.29, 1.82) is 0 Å². The average molecular weight is 346 g/mol. The van der Waals surface area contributed by atoms with Crippen LogP contribution in [0.25, 0.3) is 10.9 Å². The summed E-state index contributed by atoms with van der Waals surface area (Å²) in [5.74, 6) is 0.460. The van der Waals surface area contributed by atoms with Crippen LogP contribution < -0.4 is 0 Å². The van der Waals surface area contributed by atoms with Crippen LogP contribution >= 0.6 is 12.8 Å². The first-order valence-electron chi connectivity index (χ1n) is 8.53. The Labute approximate surface area is 149 Å². The number of rotatable bonds is 1. The van der Waals surface area contributed by atoms with Crippen LogP contribution in [0.2, 0.25) is 0 Å². The van der Waals surface area contributed by atoms with Crippen molar-refractivity contribution in [3.8, 4) is 0 Å². The number of nitrogens with zero attached hydrogens (tertiary/aromatic N) is 2. The Hall–Kier alpha value is -1.62. The molecule has 2 heterocycles. The van der Waals surface area contributed by atoms with Crippen LogP contribution in [-0.2, 0) is 4.74 Å². The molecule has 1 aliphatic heterocycles. The number of carbonyl (C=O) groups is 1. The van der Waals surface area contributed by atoms with E-state index in [1.165, 1.54) is 16.5 Å². The third-order valence-corrected chi connectivity index (χ3v) is 4.89. The molecule has 0 aliphatic carbocycles. The summed E-state index contributed by atoms with van der Waals surface area (Å²) in [5, 5.41) is 1.27. The molecular weight excluding hydrogens is 320 g/mol. The largest absolute Gasteiger partial charge is 0.444 e. The molecule has 0 radical (unpaired) electrons. The average Bonchev–Trinajstić information content (AvgIpc) is 2.82. The summed E-state index contributed by atoms with van der Waals surface area (Å²) in [5.41, 5.74) is 3.29. The van der Waals surface area contributed by atoms with Crippen molar-refractivity contribution in [2.45, 2.75) is 52.1 Å². The maximum Gasteiger partial charge on any atom is 0.410 e. The third-order valence-electron chi connectivity index (χ3n) is 4.56. The molecule has 1 saturated heterocycles. The van der Waals surface area contributed by atoms with Gasteiger partial charge in [0, 0.05) is 24.7 Å². The monoisotopic (exact) mass is 346 g/mol. The van der Waals surface area contributed by atoms with Crippen LogP contribution in [0.5, 0.6) is 0 Å². The zero-order chi connectivity index (χ0) is 17.5. The fourth-order valence-corrected chi connectivity index (χ4v) is 3.66. The number of likely N-dealkylation sites (tertiary alicyclic amines) is 1. The topological polar surface area (TPSA) is 34.5 Å². The van der Waals surface area contributed by atoms with E-state index in [1.807, 2.05) is 29.6 Å². The van der Waals surface area contributed by atoms with Crippen molar-refractivity contribution in [3.63, 3.8) is 0 Å². The van der Waals surface area contributed by atoms with E-state index in [-0.39, 0.29) is 6.09 Å². The Balaban J connectivity index is 1.72. The van der Waals surface area contributed by atoms with Gasteiger partial charge in [0.25, 0.3) is 0 Å². The van der Waals surface area contributed by atoms with Crippen molar-refractivity contribution in [1.82, 2.24) is 8.87 Å². The molecule has 130 valence electrons. The van der Waals surface area contributed by atoms with E-state index < -0.39 is 5.60 Å². The Morgan fingerprint density at radius 2 is 1.92 bits per heavy atom. The first-order valence-corrected chi connectivity index (χ1v) is 8.93. The lowest BCUT2D eigenvalue weighted by Crippen LogP contribution is -2.41. The standard InChI is InChI=1S/C19H26N2O2S/c1-13-5-6-15-16(12-21(24)17(15)11-13)14-7-9-20(10-8-14)18(22)23-19(2,3)4/h5-6,11-12,14,24H,7-10H2,1-4H3. The van der Waals surface area contributed by atoms with E-state index in [9.17, 15) is 4.79 Å². The molecule has 4 nitrogen and oxygen atoms in total. The Morgan fingerprint density at radius 3 is 2.54 bits per heavy atom. The van der Waals surface area contributed by atoms with Gasteiger partial charge in [-0.2, -0.15) is 0 Å². The lowest BCUT2D eigenvalue weighted by Gasteiger charge is -2.33. The summed E-state index contributed by atoms with van der Waals surface area (Å²) < 4.78 is 7.39. The van der Waals surface area contributed by atoms with E-state index in [1.54, 1.807) is 0 Å².